The number of rotatable bonds is 4. The number of amides is 2. The van der Waals surface area contributed by atoms with Crippen molar-refractivity contribution in [2.24, 2.45) is 0 Å². The number of carbonyl (C=O) groups is 2. The van der Waals surface area contributed by atoms with E-state index in [9.17, 15) is 9.59 Å². The van der Waals surface area contributed by atoms with Crippen LogP contribution in [0.2, 0.25) is 0 Å². The molecule has 9 nitrogen and oxygen atoms in total. The summed E-state index contributed by atoms with van der Waals surface area (Å²) in [6, 6.07) is 13.7. The predicted octanol–water partition coefficient (Wildman–Crippen LogP) is 3.79. The topological polar surface area (TPSA) is 102 Å². The zero-order chi connectivity index (χ0) is 26.5. The summed E-state index contributed by atoms with van der Waals surface area (Å²) < 4.78 is 13.5. The number of hydrogen-bond donors (Lipinski definition) is 1. The zero-order valence-electron chi connectivity index (χ0n) is 21.6. The fourth-order valence-corrected chi connectivity index (χ4v) is 4.79. The van der Waals surface area contributed by atoms with Gasteiger partial charge in [-0.1, -0.05) is 23.4 Å². The number of aromatic nitrogens is 3. The van der Waals surface area contributed by atoms with Crippen LogP contribution in [0.1, 0.15) is 39.4 Å². The minimum absolute atomic E-state index is 0.000352. The molecule has 0 saturated carbocycles. The molecule has 38 heavy (non-hydrogen) atoms. The SMILES string of the molecule is Cc1noc(C)c1-c1ccc2c(c1)Cc1cccc(c1)C(=O)NCCN(C(=O)CCn1ccnc1)CCO2. The van der Waals surface area contributed by atoms with Crippen molar-refractivity contribution < 1.29 is 18.8 Å². The van der Waals surface area contributed by atoms with Gasteiger partial charge in [0.1, 0.15) is 18.1 Å². The molecule has 1 aliphatic rings. The largest absolute Gasteiger partial charge is 0.491 e. The van der Waals surface area contributed by atoms with Gasteiger partial charge in [0, 0.05) is 56.0 Å². The van der Waals surface area contributed by atoms with Crippen LogP contribution in [0, 0.1) is 13.8 Å². The number of imidazole rings is 1. The number of carbonyl (C=O) groups excluding carboxylic acids is 2. The first kappa shape index (κ1) is 25.3. The van der Waals surface area contributed by atoms with Crippen molar-refractivity contribution in [3.05, 3.63) is 89.3 Å². The summed E-state index contributed by atoms with van der Waals surface area (Å²) in [7, 11) is 0. The van der Waals surface area contributed by atoms with E-state index in [-0.39, 0.29) is 11.8 Å². The maximum absolute atomic E-state index is 13.1. The van der Waals surface area contributed by atoms with Gasteiger partial charge >= 0.3 is 0 Å². The number of hydrogen-bond acceptors (Lipinski definition) is 6. The Kier molecular flexibility index (Phi) is 7.53. The lowest BCUT2D eigenvalue weighted by molar-refractivity contribution is -0.131. The van der Waals surface area contributed by atoms with Crippen LogP contribution in [0.15, 0.2) is 65.7 Å². The van der Waals surface area contributed by atoms with Crippen LogP contribution in [-0.4, -0.2) is 57.7 Å². The van der Waals surface area contributed by atoms with E-state index >= 15 is 0 Å². The van der Waals surface area contributed by atoms with Crippen LogP contribution in [0.5, 0.6) is 5.75 Å². The lowest BCUT2D eigenvalue weighted by atomic mass is 9.96. The molecule has 9 heteroatoms. The molecule has 196 valence electrons. The minimum Gasteiger partial charge on any atom is -0.491 e. The molecule has 0 fully saturated rings. The Bertz CT molecular complexity index is 1410. The van der Waals surface area contributed by atoms with Gasteiger partial charge in [-0.3, -0.25) is 9.59 Å². The van der Waals surface area contributed by atoms with Gasteiger partial charge in [-0.2, -0.15) is 0 Å². The average molecular weight is 514 g/mol. The third-order valence-electron chi connectivity index (χ3n) is 6.75. The van der Waals surface area contributed by atoms with Crippen molar-refractivity contribution in [3.63, 3.8) is 0 Å². The van der Waals surface area contributed by atoms with E-state index in [0.29, 0.717) is 51.2 Å². The highest BCUT2D eigenvalue weighted by atomic mass is 16.5. The molecule has 2 aromatic carbocycles. The number of fused-ring (bicyclic) bond motifs is 3. The molecule has 1 aliphatic heterocycles. The Morgan fingerprint density at radius 2 is 2.00 bits per heavy atom. The molecule has 3 heterocycles. The highest BCUT2D eigenvalue weighted by Gasteiger charge is 2.18. The molecule has 0 aliphatic carbocycles. The Hall–Kier alpha value is -4.40. The van der Waals surface area contributed by atoms with Crippen LogP contribution < -0.4 is 10.1 Å². The third-order valence-corrected chi connectivity index (χ3v) is 6.75. The van der Waals surface area contributed by atoms with Gasteiger partial charge in [-0.25, -0.2) is 4.98 Å². The average Bonchev–Trinajstić information content (AvgIpc) is 3.56. The maximum atomic E-state index is 13.1. The predicted molar refractivity (Wildman–Crippen MR) is 142 cm³/mol. The number of aryl methyl sites for hydroxylation is 3. The summed E-state index contributed by atoms with van der Waals surface area (Å²) in [6.45, 7) is 5.88. The van der Waals surface area contributed by atoms with Gasteiger partial charge in [0.25, 0.3) is 5.91 Å². The first-order valence-electron chi connectivity index (χ1n) is 12.8. The smallest absolute Gasteiger partial charge is 0.251 e. The Balaban J connectivity index is 1.42. The van der Waals surface area contributed by atoms with Crippen molar-refractivity contribution in [3.8, 4) is 16.9 Å². The van der Waals surface area contributed by atoms with E-state index in [1.807, 2.05) is 54.9 Å². The zero-order valence-corrected chi connectivity index (χ0v) is 21.6. The van der Waals surface area contributed by atoms with Crippen LogP contribution in [-0.2, 0) is 17.8 Å². The molecule has 4 aromatic rings. The van der Waals surface area contributed by atoms with Crippen molar-refractivity contribution in [1.82, 2.24) is 24.9 Å². The van der Waals surface area contributed by atoms with E-state index in [2.05, 4.69) is 21.5 Å². The van der Waals surface area contributed by atoms with E-state index in [4.69, 9.17) is 9.26 Å². The maximum Gasteiger partial charge on any atom is 0.251 e. The lowest BCUT2D eigenvalue weighted by Gasteiger charge is -2.24. The number of nitrogens with one attached hydrogen (secondary N) is 1. The molecule has 0 spiro atoms. The summed E-state index contributed by atoms with van der Waals surface area (Å²) in [5, 5.41) is 7.05. The molecule has 0 saturated heterocycles. The fraction of sp³-hybridized carbons (Fsp3) is 0.310. The number of ether oxygens (including phenoxy) is 1. The summed E-state index contributed by atoms with van der Waals surface area (Å²) in [4.78, 5) is 31.7. The van der Waals surface area contributed by atoms with Crippen LogP contribution in [0.25, 0.3) is 11.1 Å². The molecule has 5 rings (SSSR count). The standard InChI is InChI=1S/C29H31N5O4/c1-20-28(21(2)38-32-20)23-6-7-26-25(18-23)17-22-4-3-5-24(16-22)29(36)31-10-13-34(14-15-37-26)27(35)8-11-33-12-9-30-19-33/h3-7,9,12,16,18-19H,8,10-11,13-15,17H2,1-2H3,(H,31,36). The third kappa shape index (κ3) is 5.77. The van der Waals surface area contributed by atoms with Crippen LogP contribution in [0.3, 0.4) is 0 Å². The van der Waals surface area contributed by atoms with Gasteiger partial charge in [-0.15, -0.1) is 0 Å². The molecule has 2 aromatic heterocycles. The fourth-order valence-electron chi connectivity index (χ4n) is 4.79. The van der Waals surface area contributed by atoms with E-state index in [1.165, 1.54) is 0 Å². The Labute approximate surface area is 221 Å². The number of nitrogens with zero attached hydrogens (tertiary/aromatic N) is 4. The first-order valence-corrected chi connectivity index (χ1v) is 12.8. The molecular formula is C29H31N5O4. The lowest BCUT2D eigenvalue weighted by Crippen LogP contribution is -2.41. The van der Waals surface area contributed by atoms with Crippen LogP contribution >= 0.6 is 0 Å². The number of benzene rings is 2. The molecular weight excluding hydrogens is 482 g/mol. The molecule has 1 N–H and O–H groups in total. The second kappa shape index (κ2) is 11.3. The van der Waals surface area contributed by atoms with Gasteiger partial charge in [0.05, 0.1) is 18.6 Å². The second-order valence-electron chi connectivity index (χ2n) is 9.43. The van der Waals surface area contributed by atoms with Crippen LogP contribution in [0.4, 0.5) is 0 Å². The first-order chi connectivity index (χ1) is 18.5. The summed E-state index contributed by atoms with van der Waals surface area (Å²) >= 11 is 0. The summed E-state index contributed by atoms with van der Waals surface area (Å²) in [5.74, 6) is 1.35. The molecule has 0 radical (unpaired) electrons. The van der Waals surface area contributed by atoms with E-state index in [1.54, 1.807) is 23.5 Å². The van der Waals surface area contributed by atoms with Gasteiger partial charge < -0.3 is 24.0 Å². The van der Waals surface area contributed by atoms with Crippen molar-refractivity contribution in [2.45, 2.75) is 33.2 Å². The van der Waals surface area contributed by atoms with Crippen molar-refractivity contribution in [2.75, 3.05) is 26.2 Å². The second-order valence-corrected chi connectivity index (χ2v) is 9.43. The normalized spacial score (nSPS) is 14.3. The van der Waals surface area contributed by atoms with Gasteiger partial charge in [0.15, 0.2) is 0 Å². The van der Waals surface area contributed by atoms with E-state index < -0.39 is 0 Å². The molecule has 2 bridgehead atoms. The summed E-state index contributed by atoms with van der Waals surface area (Å²) in [5.41, 5.74) is 5.36. The Morgan fingerprint density at radius 1 is 1.11 bits per heavy atom. The minimum atomic E-state index is -0.157. The van der Waals surface area contributed by atoms with Gasteiger partial charge in [0.2, 0.25) is 5.91 Å². The van der Waals surface area contributed by atoms with Gasteiger partial charge in [-0.05, 0) is 54.8 Å². The highest BCUT2D eigenvalue weighted by molar-refractivity contribution is 5.94. The monoisotopic (exact) mass is 513 g/mol. The quantitative estimate of drug-likeness (QED) is 0.446. The highest BCUT2D eigenvalue weighted by Crippen LogP contribution is 2.32. The van der Waals surface area contributed by atoms with E-state index in [0.717, 1.165) is 39.5 Å². The molecule has 0 unspecified atom stereocenters. The molecule has 2 amide bonds. The Morgan fingerprint density at radius 3 is 2.79 bits per heavy atom. The van der Waals surface area contributed by atoms with Crippen molar-refractivity contribution >= 4 is 11.8 Å². The van der Waals surface area contributed by atoms with Crippen molar-refractivity contribution in [1.29, 1.82) is 0 Å². The summed E-state index contributed by atoms with van der Waals surface area (Å²) in [6.07, 6.45) is 6.15. The molecule has 0 atom stereocenters.